The third-order valence-electron chi connectivity index (χ3n) is 2.91. The van der Waals surface area contributed by atoms with Gasteiger partial charge in [-0.05, 0) is 31.8 Å². The molecule has 0 aromatic heterocycles. The zero-order valence-electron chi connectivity index (χ0n) is 12.6. The molecule has 0 radical (unpaired) electrons. The Labute approximate surface area is 121 Å². The largest absolute Gasteiger partial charge is 0.497 e. The monoisotopic (exact) mass is 279 g/mol. The standard InChI is InChI=1S/C15H25N3O2/c1-18(2)11-10-16-9-8-15(19)17-12-13-4-6-14(20-3)7-5-13/h4-7,16H,8-12H2,1-3H3,(H,17,19). The normalized spacial score (nSPS) is 10.6. The average molecular weight is 279 g/mol. The van der Waals surface area contributed by atoms with Crippen molar-refractivity contribution in [1.29, 1.82) is 0 Å². The molecule has 1 aromatic rings. The van der Waals surface area contributed by atoms with E-state index in [0.29, 0.717) is 19.5 Å². The first-order valence-electron chi connectivity index (χ1n) is 6.87. The maximum absolute atomic E-state index is 11.7. The Morgan fingerprint density at radius 3 is 2.50 bits per heavy atom. The van der Waals surface area contributed by atoms with E-state index in [9.17, 15) is 4.79 Å². The van der Waals surface area contributed by atoms with E-state index in [1.165, 1.54) is 0 Å². The van der Waals surface area contributed by atoms with E-state index in [4.69, 9.17) is 4.74 Å². The predicted molar refractivity (Wildman–Crippen MR) is 80.9 cm³/mol. The topological polar surface area (TPSA) is 53.6 Å². The van der Waals surface area contributed by atoms with Gasteiger partial charge in [-0.25, -0.2) is 0 Å². The summed E-state index contributed by atoms with van der Waals surface area (Å²) >= 11 is 0. The summed E-state index contributed by atoms with van der Waals surface area (Å²) in [5.74, 6) is 0.892. The smallest absolute Gasteiger partial charge is 0.221 e. The van der Waals surface area contributed by atoms with E-state index in [0.717, 1.165) is 24.4 Å². The van der Waals surface area contributed by atoms with Crippen molar-refractivity contribution in [2.24, 2.45) is 0 Å². The van der Waals surface area contributed by atoms with E-state index in [-0.39, 0.29) is 5.91 Å². The second kappa shape index (κ2) is 9.34. The molecule has 20 heavy (non-hydrogen) atoms. The van der Waals surface area contributed by atoms with E-state index < -0.39 is 0 Å². The lowest BCUT2D eigenvalue weighted by molar-refractivity contribution is -0.121. The number of nitrogens with zero attached hydrogens (tertiary/aromatic N) is 1. The molecule has 0 fully saturated rings. The molecule has 0 bridgehead atoms. The van der Waals surface area contributed by atoms with E-state index >= 15 is 0 Å². The minimum absolute atomic E-state index is 0.0678. The van der Waals surface area contributed by atoms with Crippen molar-refractivity contribution in [2.45, 2.75) is 13.0 Å². The quantitative estimate of drug-likeness (QED) is 0.658. The van der Waals surface area contributed by atoms with Crippen LogP contribution in [0.1, 0.15) is 12.0 Å². The van der Waals surface area contributed by atoms with Gasteiger partial charge in [0.05, 0.1) is 7.11 Å². The Morgan fingerprint density at radius 2 is 1.90 bits per heavy atom. The zero-order valence-corrected chi connectivity index (χ0v) is 12.6. The number of likely N-dealkylation sites (N-methyl/N-ethyl adjacent to an activating group) is 1. The third kappa shape index (κ3) is 7.11. The Kier molecular flexibility index (Phi) is 7.69. The van der Waals surface area contributed by atoms with Crippen LogP contribution in [0.3, 0.4) is 0 Å². The van der Waals surface area contributed by atoms with Gasteiger partial charge in [-0.3, -0.25) is 4.79 Å². The van der Waals surface area contributed by atoms with Gasteiger partial charge in [0.2, 0.25) is 5.91 Å². The first-order valence-corrected chi connectivity index (χ1v) is 6.87. The molecule has 5 nitrogen and oxygen atoms in total. The number of methoxy groups -OCH3 is 1. The minimum atomic E-state index is 0.0678. The number of ether oxygens (including phenoxy) is 1. The van der Waals surface area contributed by atoms with Crippen LogP contribution in [0.4, 0.5) is 0 Å². The van der Waals surface area contributed by atoms with Gasteiger partial charge >= 0.3 is 0 Å². The van der Waals surface area contributed by atoms with Crippen LogP contribution < -0.4 is 15.4 Å². The number of nitrogens with one attached hydrogen (secondary N) is 2. The highest BCUT2D eigenvalue weighted by molar-refractivity contribution is 5.76. The van der Waals surface area contributed by atoms with Gasteiger partial charge in [-0.15, -0.1) is 0 Å². The first kappa shape index (κ1) is 16.5. The van der Waals surface area contributed by atoms with Gasteiger partial charge in [0.1, 0.15) is 5.75 Å². The molecule has 0 spiro atoms. The van der Waals surface area contributed by atoms with E-state index in [2.05, 4.69) is 15.5 Å². The highest BCUT2D eigenvalue weighted by Crippen LogP contribution is 2.10. The van der Waals surface area contributed by atoms with Crippen molar-refractivity contribution < 1.29 is 9.53 Å². The molecule has 112 valence electrons. The number of rotatable bonds is 9. The third-order valence-corrected chi connectivity index (χ3v) is 2.91. The van der Waals surface area contributed by atoms with Crippen molar-refractivity contribution in [3.63, 3.8) is 0 Å². The minimum Gasteiger partial charge on any atom is -0.497 e. The molecule has 0 aliphatic rings. The van der Waals surface area contributed by atoms with Crippen LogP contribution in [0.2, 0.25) is 0 Å². The summed E-state index contributed by atoms with van der Waals surface area (Å²) in [6.07, 6.45) is 0.504. The number of amides is 1. The fourth-order valence-corrected chi connectivity index (χ4v) is 1.66. The van der Waals surface area contributed by atoms with Crippen molar-refractivity contribution in [3.8, 4) is 5.75 Å². The molecule has 0 saturated carbocycles. The molecule has 5 heteroatoms. The molecule has 1 aromatic carbocycles. The molecular weight excluding hydrogens is 254 g/mol. The van der Waals surface area contributed by atoms with Gasteiger partial charge in [0.15, 0.2) is 0 Å². The summed E-state index contributed by atoms with van der Waals surface area (Å²) in [7, 11) is 5.70. The van der Waals surface area contributed by atoms with Crippen LogP contribution in [0.15, 0.2) is 24.3 Å². The number of carbonyl (C=O) groups excluding carboxylic acids is 1. The summed E-state index contributed by atoms with van der Waals surface area (Å²) in [6.45, 7) is 3.15. The fraction of sp³-hybridized carbons (Fsp3) is 0.533. The molecule has 0 unspecified atom stereocenters. The molecular formula is C15H25N3O2. The number of benzene rings is 1. The molecule has 0 aliphatic carbocycles. The summed E-state index contributed by atoms with van der Waals surface area (Å²) < 4.78 is 5.09. The Morgan fingerprint density at radius 1 is 1.20 bits per heavy atom. The van der Waals surface area contributed by atoms with Crippen molar-refractivity contribution >= 4 is 5.91 Å². The van der Waals surface area contributed by atoms with Crippen LogP contribution in [0.25, 0.3) is 0 Å². The van der Waals surface area contributed by atoms with E-state index in [1.54, 1.807) is 7.11 Å². The van der Waals surface area contributed by atoms with Crippen LogP contribution in [0, 0.1) is 0 Å². The lowest BCUT2D eigenvalue weighted by Gasteiger charge is -2.10. The summed E-state index contributed by atoms with van der Waals surface area (Å²) in [5, 5.41) is 6.15. The zero-order chi connectivity index (χ0) is 14.8. The molecule has 1 rings (SSSR count). The number of carbonyl (C=O) groups is 1. The van der Waals surface area contributed by atoms with Crippen LogP contribution in [-0.2, 0) is 11.3 Å². The SMILES string of the molecule is COc1ccc(CNC(=O)CCNCCN(C)C)cc1. The van der Waals surface area contributed by atoms with Crippen LogP contribution >= 0.6 is 0 Å². The lowest BCUT2D eigenvalue weighted by atomic mass is 10.2. The van der Waals surface area contributed by atoms with Crippen LogP contribution in [0.5, 0.6) is 5.75 Å². The highest BCUT2D eigenvalue weighted by Gasteiger charge is 2.01. The van der Waals surface area contributed by atoms with Gasteiger partial charge in [-0.1, -0.05) is 12.1 Å². The van der Waals surface area contributed by atoms with Gasteiger partial charge < -0.3 is 20.3 Å². The molecule has 0 saturated heterocycles. The summed E-state index contributed by atoms with van der Waals surface area (Å²) in [4.78, 5) is 13.8. The van der Waals surface area contributed by atoms with Crippen LogP contribution in [-0.4, -0.2) is 51.6 Å². The maximum atomic E-state index is 11.7. The highest BCUT2D eigenvalue weighted by atomic mass is 16.5. The van der Waals surface area contributed by atoms with Gasteiger partial charge in [-0.2, -0.15) is 0 Å². The summed E-state index contributed by atoms with van der Waals surface area (Å²) in [6, 6.07) is 7.69. The molecule has 2 N–H and O–H groups in total. The Hall–Kier alpha value is -1.59. The average Bonchev–Trinajstić information content (AvgIpc) is 2.45. The Balaban J connectivity index is 2.13. The first-order chi connectivity index (χ1) is 9.61. The molecule has 1 amide bonds. The fourth-order valence-electron chi connectivity index (χ4n) is 1.66. The van der Waals surface area contributed by atoms with Crippen molar-refractivity contribution in [2.75, 3.05) is 40.8 Å². The maximum Gasteiger partial charge on any atom is 0.221 e. The molecule has 0 heterocycles. The number of hydrogen-bond donors (Lipinski definition) is 2. The van der Waals surface area contributed by atoms with E-state index in [1.807, 2.05) is 38.4 Å². The second-order valence-electron chi connectivity index (χ2n) is 4.93. The van der Waals surface area contributed by atoms with Gasteiger partial charge in [0, 0.05) is 32.6 Å². The van der Waals surface area contributed by atoms with Gasteiger partial charge in [0.25, 0.3) is 0 Å². The Bertz CT molecular complexity index is 391. The second-order valence-corrected chi connectivity index (χ2v) is 4.93. The molecule has 0 aliphatic heterocycles. The van der Waals surface area contributed by atoms with Crippen molar-refractivity contribution in [1.82, 2.24) is 15.5 Å². The number of hydrogen-bond acceptors (Lipinski definition) is 4. The molecule has 0 atom stereocenters. The van der Waals surface area contributed by atoms with Crippen molar-refractivity contribution in [3.05, 3.63) is 29.8 Å². The summed E-state index contributed by atoms with van der Waals surface area (Å²) in [5.41, 5.74) is 1.07. The predicted octanol–water partition coefficient (Wildman–Crippen LogP) is 0.853. The lowest BCUT2D eigenvalue weighted by Crippen LogP contribution is -2.31.